The Morgan fingerprint density at radius 2 is 2.21 bits per heavy atom. The zero-order valence-corrected chi connectivity index (χ0v) is 12.3. The normalized spacial score (nSPS) is 10.5. The van der Waals surface area contributed by atoms with Gasteiger partial charge < -0.3 is 9.84 Å². The van der Waals surface area contributed by atoms with E-state index >= 15 is 0 Å². The van der Waals surface area contributed by atoms with Gasteiger partial charge in [0.15, 0.2) is 0 Å². The van der Waals surface area contributed by atoms with Crippen molar-refractivity contribution in [3.63, 3.8) is 0 Å². The van der Waals surface area contributed by atoms with Gasteiger partial charge in [-0.1, -0.05) is 0 Å². The lowest BCUT2D eigenvalue weighted by molar-refractivity contribution is 0.0702. The molecule has 0 bridgehead atoms. The fourth-order valence-electron chi connectivity index (χ4n) is 1.50. The van der Waals surface area contributed by atoms with Crippen molar-refractivity contribution >= 4 is 33.2 Å². The van der Waals surface area contributed by atoms with Crippen LogP contribution in [0.5, 0.6) is 5.75 Å². The monoisotopic (exact) mass is 344 g/mol. The van der Waals surface area contributed by atoms with Crippen LogP contribution in [0, 0.1) is 12.7 Å². The molecule has 0 amide bonds. The Morgan fingerprint density at radius 1 is 1.47 bits per heavy atom. The molecule has 0 fully saturated rings. The molecule has 0 aliphatic carbocycles. The van der Waals surface area contributed by atoms with E-state index in [9.17, 15) is 9.18 Å². The molecule has 1 aromatic carbocycles. The highest BCUT2D eigenvalue weighted by Crippen LogP contribution is 2.25. The first-order valence-electron chi connectivity index (χ1n) is 5.38. The smallest absolute Gasteiger partial charge is 0.345 e. The number of carboxylic acids is 1. The summed E-state index contributed by atoms with van der Waals surface area (Å²) in [6.45, 7) is 2.05. The zero-order chi connectivity index (χ0) is 14.0. The topological polar surface area (TPSA) is 46.5 Å². The lowest BCUT2D eigenvalue weighted by Crippen LogP contribution is -1.96. The van der Waals surface area contributed by atoms with E-state index in [4.69, 9.17) is 9.84 Å². The molecule has 1 aromatic heterocycles. The number of carboxylic acid groups (broad SMARTS) is 1. The molecule has 2 rings (SSSR count). The molecule has 0 saturated carbocycles. The molecule has 1 N–H and O–H groups in total. The molecule has 1 heterocycles. The zero-order valence-electron chi connectivity index (χ0n) is 9.94. The molecule has 0 aliphatic heterocycles. The van der Waals surface area contributed by atoms with E-state index in [0.717, 1.165) is 10.4 Å². The number of thiophene rings is 1. The second-order valence-electron chi connectivity index (χ2n) is 3.86. The van der Waals surface area contributed by atoms with Gasteiger partial charge in [-0.25, -0.2) is 9.18 Å². The Labute approximate surface area is 121 Å². The van der Waals surface area contributed by atoms with Crippen LogP contribution in [0.1, 0.15) is 20.1 Å². The average molecular weight is 345 g/mol. The second kappa shape index (κ2) is 5.71. The lowest BCUT2D eigenvalue weighted by atomic mass is 10.2. The van der Waals surface area contributed by atoms with E-state index in [1.165, 1.54) is 17.4 Å². The van der Waals surface area contributed by atoms with Crippen molar-refractivity contribution < 1.29 is 19.0 Å². The van der Waals surface area contributed by atoms with Gasteiger partial charge in [0, 0.05) is 16.5 Å². The molecule has 0 saturated heterocycles. The minimum Gasteiger partial charge on any atom is -0.489 e. The quantitative estimate of drug-likeness (QED) is 0.902. The van der Waals surface area contributed by atoms with Gasteiger partial charge in [-0.2, -0.15) is 0 Å². The van der Waals surface area contributed by atoms with Gasteiger partial charge in [0.2, 0.25) is 0 Å². The van der Waals surface area contributed by atoms with Crippen LogP contribution in [0.2, 0.25) is 0 Å². The third-order valence-electron chi connectivity index (χ3n) is 2.52. The van der Waals surface area contributed by atoms with Crippen molar-refractivity contribution in [2.24, 2.45) is 0 Å². The number of hydrogen-bond donors (Lipinski definition) is 1. The molecule has 0 spiro atoms. The highest BCUT2D eigenvalue weighted by atomic mass is 79.9. The largest absolute Gasteiger partial charge is 0.489 e. The minimum atomic E-state index is -0.950. The highest BCUT2D eigenvalue weighted by molar-refractivity contribution is 9.10. The molecular weight excluding hydrogens is 335 g/mol. The standard InChI is InChI=1S/C13H10BrFO3S/c1-7-8(4-12(19-7)13(16)17)6-18-9-2-3-10(14)11(15)5-9/h2-5H,6H2,1H3,(H,16,17). The van der Waals surface area contributed by atoms with Crippen LogP contribution in [0.3, 0.4) is 0 Å². The van der Waals surface area contributed by atoms with Crippen molar-refractivity contribution in [2.75, 3.05) is 0 Å². The van der Waals surface area contributed by atoms with Crippen LogP contribution in [0.25, 0.3) is 0 Å². The molecule has 2 aromatic rings. The predicted octanol–water partition coefficient (Wildman–Crippen LogP) is 4.24. The van der Waals surface area contributed by atoms with Gasteiger partial charge in [-0.3, -0.25) is 0 Å². The van der Waals surface area contributed by atoms with Gasteiger partial charge in [0.1, 0.15) is 23.1 Å². The summed E-state index contributed by atoms with van der Waals surface area (Å²) in [5, 5.41) is 8.89. The van der Waals surface area contributed by atoms with E-state index in [0.29, 0.717) is 10.2 Å². The highest BCUT2D eigenvalue weighted by Gasteiger charge is 2.11. The summed E-state index contributed by atoms with van der Waals surface area (Å²) in [5.74, 6) is -0.942. The van der Waals surface area contributed by atoms with E-state index in [1.54, 1.807) is 18.2 Å². The number of halogens is 2. The summed E-state index contributed by atoms with van der Waals surface area (Å²) in [4.78, 5) is 12.0. The van der Waals surface area contributed by atoms with Crippen LogP contribution in [0.4, 0.5) is 4.39 Å². The lowest BCUT2D eigenvalue weighted by Gasteiger charge is -2.06. The molecule has 0 radical (unpaired) electrons. The number of hydrogen-bond acceptors (Lipinski definition) is 3. The van der Waals surface area contributed by atoms with Crippen LogP contribution in [0.15, 0.2) is 28.7 Å². The van der Waals surface area contributed by atoms with Crippen LogP contribution < -0.4 is 4.74 Å². The average Bonchev–Trinajstić information content (AvgIpc) is 2.73. The Morgan fingerprint density at radius 3 is 2.79 bits per heavy atom. The third kappa shape index (κ3) is 3.33. The SMILES string of the molecule is Cc1sc(C(=O)O)cc1COc1ccc(Br)c(F)c1. The molecule has 19 heavy (non-hydrogen) atoms. The minimum absolute atomic E-state index is 0.219. The van der Waals surface area contributed by atoms with Gasteiger partial charge in [0.05, 0.1) is 4.47 Å². The Bertz CT molecular complexity index is 624. The van der Waals surface area contributed by atoms with Crippen LogP contribution in [-0.2, 0) is 6.61 Å². The maximum Gasteiger partial charge on any atom is 0.345 e. The van der Waals surface area contributed by atoms with Crippen molar-refractivity contribution in [3.8, 4) is 5.75 Å². The number of rotatable bonds is 4. The summed E-state index contributed by atoms with van der Waals surface area (Å²) >= 11 is 4.26. The van der Waals surface area contributed by atoms with Crippen LogP contribution >= 0.6 is 27.3 Å². The second-order valence-corrected chi connectivity index (χ2v) is 5.97. The van der Waals surface area contributed by atoms with E-state index in [2.05, 4.69) is 15.9 Å². The maximum absolute atomic E-state index is 13.3. The predicted molar refractivity (Wildman–Crippen MR) is 74.4 cm³/mol. The van der Waals surface area contributed by atoms with Crippen molar-refractivity contribution in [1.82, 2.24) is 0 Å². The summed E-state index contributed by atoms with van der Waals surface area (Å²) in [5.41, 5.74) is 0.797. The fourth-order valence-corrected chi connectivity index (χ4v) is 2.61. The number of aryl methyl sites for hydroxylation is 1. The van der Waals surface area contributed by atoms with Crippen molar-refractivity contribution in [2.45, 2.75) is 13.5 Å². The Balaban J connectivity index is 2.09. The summed E-state index contributed by atoms with van der Waals surface area (Å²) in [6.07, 6.45) is 0. The van der Waals surface area contributed by atoms with Gasteiger partial charge >= 0.3 is 5.97 Å². The number of benzene rings is 1. The maximum atomic E-state index is 13.3. The first-order valence-corrected chi connectivity index (χ1v) is 6.99. The van der Waals surface area contributed by atoms with Crippen molar-refractivity contribution in [1.29, 1.82) is 0 Å². The number of aromatic carboxylic acids is 1. The summed E-state index contributed by atoms with van der Waals surface area (Å²) < 4.78 is 19.1. The Kier molecular flexibility index (Phi) is 4.21. The molecule has 0 unspecified atom stereocenters. The van der Waals surface area contributed by atoms with E-state index < -0.39 is 11.8 Å². The molecule has 100 valence electrons. The summed E-state index contributed by atoms with van der Waals surface area (Å²) in [6, 6.07) is 6.07. The first kappa shape index (κ1) is 14.0. The van der Waals surface area contributed by atoms with E-state index in [-0.39, 0.29) is 11.5 Å². The molecule has 6 heteroatoms. The summed E-state index contributed by atoms with van der Waals surface area (Å²) in [7, 11) is 0. The van der Waals surface area contributed by atoms with E-state index in [1.807, 2.05) is 6.92 Å². The van der Waals surface area contributed by atoms with Gasteiger partial charge in [-0.05, 0) is 41.1 Å². The molecular formula is C13H10BrFO3S. The van der Waals surface area contributed by atoms with Crippen LogP contribution in [-0.4, -0.2) is 11.1 Å². The molecule has 0 aliphatic rings. The fraction of sp³-hybridized carbons (Fsp3) is 0.154. The van der Waals surface area contributed by atoms with Gasteiger partial charge in [-0.15, -0.1) is 11.3 Å². The number of ether oxygens (including phenoxy) is 1. The number of carbonyl (C=O) groups is 1. The third-order valence-corrected chi connectivity index (χ3v) is 4.24. The first-order chi connectivity index (χ1) is 8.97. The Hall–Kier alpha value is -1.40. The molecule has 3 nitrogen and oxygen atoms in total. The molecule has 0 atom stereocenters. The van der Waals surface area contributed by atoms with Gasteiger partial charge in [0.25, 0.3) is 0 Å². The van der Waals surface area contributed by atoms with Crippen molar-refractivity contribution in [3.05, 3.63) is 49.9 Å².